The predicted molar refractivity (Wildman–Crippen MR) is 118 cm³/mol. The average molecular weight is 425 g/mol. The largest absolute Gasteiger partial charge is 0.493 e. The predicted octanol–water partition coefficient (Wildman–Crippen LogP) is 3.10. The zero-order valence-electron chi connectivity index (χ0n) is 18.5. The molecule has 164 valence electrons. The van der Waals surface area contributed by atoms with Gasteiger partial charge in [-0.15, -0.1) is 0 Å². The Hall–Kier alpha value is -3.55. The molecular weight excluding hydrogens is 398 g/mol. The number of hydrogen-bond acceptors (Lipinski definition) is 6. The van der Waals surface area contributed by atoms with Crippen LogP contribution in [0.2, 0.25) is 0 Å². The Bertz CT molecular complexity index is 1160. The van der Waals surface area contributed by atoms with Crippen molar-refractivity contribution in [3.63, 3.8) is 0 Å². The summed E-state index contributed by atoms with van der Waals surface area (Å²) in [5, 5.41) is 5.41. The Morgan fingerprint density at radius 3 is 2.29 bits per heavy atom. The third kappa shape index (κ3) is 4.19. The fourth-order valence-electron chi connectivity index (χ4n) is 3.55. The average Bonchev–Trinajstić information content (AvgIpc) is 2.80. The summed E-state index contributed by atoms with van der Waals surface area (Å²) in [6.45, 7) is 2.66. The molecule has 0 aliphatic rings. The van der Waals surface area contributed by atoms with Crippen LogP contribution in [0.3, 0.4) is 0 Å². The molecule has 0 aliphatic carbocycles. The van der Waals surface area contributed by atoms with Gasteiger partial charge in [0, 0.05) is 31.1 Å². The lowest BCUT2D eigenvalue weighted by atomic mass is 10.1. The Balaban J connectivity index is 2.02. The van der Waals surface area contributed by atoms with Gasteiger partial charge in [-0.05, 0) is 24.6 Å². The van der Waals surface area contributed by atoms with E-state index in [2.05, 4.69) is 5.10 Å². The first-order valence-corrected chi connectivity index (χ1v) is 9.99. The molecule has 0 bridgehead atoms. The molecule has 0 saturated heterocycles. The molecule has 8 nitrogen and oxygen atoms in total. The van der Waals surface area contributed by atoms with Crippen molar-refractivity contribution in [2.24, 2.45) is 0 Å². The number of ether oxygens (including phenoxy) is 3. The van der Waals surface area contributed by atoms with Gasteiger partial charge in [0.25, 0.3) is 11.5 Å². The first-order valence-electron chi connectivity index (χ1n) is 9.99. The number of aromatic nitrogens is 2. The summed E-state index contributed by atoms with van der Waals surface area (Å²) in [5.41, 5.74) is 0.797. The molecular formula is C23H27N3O5. The normalized spacial score (nSPS) is 10.7. The number of hydrogen-bond donors (Lipinski definition) is 0. The topological polar surface area (TPSA) is 82.9 Å². The van der Waals surface area contributed by atoms with Crippen molar-refractivity contribution >= 4 is 16.7 Å². The lowest BCUT2D eigenvalue weighted by Gasteiger charge is -2.21. The number of fused-ring (bicyclic) bond motifs is 1. The second-order valence-corrected chi connectivity index (χ2v) is 7.08. The first-order chi connectivity index (χ1) is 15.0. The third-order valence-corrected chi connectivity index (χ3v) is 5.05. The molecule has 31 heavy (non-hydrogen) atoms. The molecule has 0 unspecified atom stereocenters. The minimum absolute atomic E-state index is 0.196. The van der Waals surface area contributed by atoms with Crippen molar-refractivity contribution in [3.05, 3.63) is 58.0 Å². The lowest BCUT2D eigenvalue weighted by molar-refractivity contribution is 0.0777. The number of carbonyl (C=O) groups excluding carboxylic acids is 1. The van der Waals surface area contributed by atoms with Crippen molar-refractivity contribution in [3.8, 4) is 17.2 Å². The van der Waals surface area contributed by atoms with E-state index in [-0.39, 0.29) is 23.7 Å². The molecule has 1 heterocycles. The SMILES string of the molecule is CCCn1nc(C(=O)N(C)Cc2ccc(OC)c(OC)c2OC)c2ccccc2c1=O. The summed E-state index contributed by atoms with van der Waals surface area (Å²) in [4.78, 5) is 27.6. The molecule has 0 atom stereocenters. The lowest BCUT2D eigenvalue weighted by Crippen LogP contribution is -2.32. The molecule has 8 heteroatoms. The van der Waals surface area contributed by atoms with E-state index in [4.69, 9.17) is 14.2 Å². The number of methoxy groups -OCH3 is 3. The van der Waals surface area contributed by atoms with E-state index >= 15 is 0 Å². The van der Waals surface area contributed by atoms with Gasteiger partial charge in [0.05, 0.1) is 26.7 Å². The highest BCUT2D eigenvalue weighted by Crippen LogP contribution is 2.40. The van der Waals surface area contributed by atoms with Gasteiger partial charge in [0.1, 0.15) is 0 Å². The molecule has 2 aromatic carbocycles. The fourth-order valence-corrected chi connectivity index (χ4v) is 3.55. The van der Waals surface area contributed by atoms with Crippen molar-refractivity contribution in [1.29, 1.82) is 0 Å². The molecule has 0 spiro atoms. The van der Waals surface area contributed by atoms with Crippen LogP contribution in [0, 0.1) is 0 Å². The van der Waals surface area contributed by atoms with Crippen LogP contribution in [0.1, 0.15) is 29.4 Å². The number of nitrogens with zero attached hydrogens (tertiary/aromatic N) is 3. The van der Waals surface area contributed by atoms with Gasteiger partial charge >= 0.3 is 0 Å². The number of carbonyl (C=O) groups is 1. The van der Waals surface area contributed by atoms with E-state index in [0.29, 0.717) is 34.6 Å². The highest BCUT2D eigenvalue weighted by Gasteiger charge is 2.23. The van der Waals surface area contributed by atoms with Gasteiger partial charge in [-0.25, -0.2) is 4.68 Å². The van der Waals surface area contributed by atoms with E-state index in [1.165, 1.54) is 18.9 Å². The van der Waals surface area contributed by atoms with Crippen LogP contribution in [0.5, 0.6) is 17.2 Å². The van der Waals surface area contributed by atoms with Gasteiger partial charge in [-0.2, -0.15) is 5.10 Å². The van der Waals surface area contributed by atoms with Crippen LogP contribution >= 0.6 is 0 Å². The molecule has 0 saturated carbocycles. The molecule has 3 aromatic rings. The maximum Gasteiger partial charge on any atom is 0.274 e. The highest BCUT2D eigenvalue weighted by atomic mass is 16.5. The van der Waals surface area contributed by atoms with Gasteiger partial charge in [-0.3, -0.25) is 9.59 Å². The van der Waals surface area contributed by atoms with E-state index in [9.17, 15) is 9.59 Å². The van der Waals surface area contributed by atoms with Crippen LogP contribution in [0.25, 0.3) is 10.8 Å². The zero-order chi connectivity index (χ0) is 22.5. The standard InChI is InChI=1S/C23H27N3O5/c1-6-13-26-22(27)17-10-8-7-9-16(17)19(24-26)23(28)25(2)14-15-11-12-18(29-3)21(31-5)20(15)30-4/h7-12H,6,13-14H2,1-5H3. The van der Waals surface area contributed by atoms with Crippen LogP contribution < -0.4 is 19.8 Å². The van der Waals surface area contributed by atoms with Gasteiger partial charge < -0.3 is 19.1 Å². The van der Waals surface area contributed by atoms with Gasteiger partial charge in [0.15, 0.2) is 17.2 Å². The molecule has 0 radical (unpaired) electrons. The molecule has 0 aliphatic heterocycles. The Kier molecular flexibility index (Phi) is 6.79. The number of aryl methyl sites for hydroxylation is 1. The fraction of sp³-hybridized carbons (Fsp3) is 0.348. The first kappa shape index (κ1) is 22.1. The van der Waals surface area contributed by atoms with Crippen molar-refractivity contribution in [2.75, 3.05) is 28.4 Å². The second-order valence-electron chi connectivity index (χ2n) is 7.08. The van der Waals surface area contributed by atoms with Crippen molar-refractivity contribution in [2.45, 2.75) is 26.4 Å². The third-order valence-electron chi connectivity index (χ3n) is 5.05. The summed E-state index contributed by atoms with van der Waals surface area (Å²) in [6.07, 6.45) is 0.734. The smallest absolute Gasteiger partial charge is 0.274 e. The summed E-state index contributed by atoms with van der Waals surface area (Å²) in [7, 11) is 6.31. The van der Waals surface area contributed by atoms with Crippen LogP contribution in [-0.2, 0) is 13.1 Å². The molecule has 0 N–H and O–H groups in total. The van der Waals surface area contributed by atoms with Crippen molar-refractivity contribution in [1.82, 2.24) is 14.7 Å². The summed E-state index contributed by atoms with van der Waals surface area (Å²) >= 11 is 0. The summed E-state index contributed by atoms with van der Waals surface area (Å²) in [5.74, 6) is 1.20. The summed E-state index contributed by atoms with van der Waals surface area (Å²) < 4.78 is 17.6. The number of benzene rings is 2. The van der Waals surface area contributed by atoms with Gasteiger partial charge in [0.2, 0.25) is 5.75 Å². The van der Waals surface area contributed by atoms with Crippen LogP contribution in [0.4, 0.5) is 0 Å². The van der Waals surface area contributed by atoms with Crippen LogP contribution in [-0.4, -0.2) is 49.0 Å². The molecule has 1 aromatic heterocycles. The zero-order valence-corrected chi connectivity index (χ0v) is 18.5. The summed E-state index contributed by atoms with van der Waals surface area (Å²) in [6, 6.07) is 10.6. The van der Waals surface area contributed by atoms with E-state index in [1.807, 2.05) is 13.0 Å². The maximum atomic E-state index is 13.4. The Labute approximate surface area is 180 Å². The minimum atomic E-state index is -0.294. The number of rotatable bonds is 8. The van der Waals surface area contributed by atoms with E-state index in [0.717, 1.165) is 12.0 Å². The van der Waals surface area contributed by atoms with Crippen molar-refractivity contribution < 1.29 is 19.0 Å². The maximum absolute atomic E-state index is 13.4. The van der Waals surface area contributed by atoms with Gasteiger partial charge in [-0.1, -0.05) is 25.1 Å². The number of amides is 1. The Morgan fingerprint density at radius 2 is 1.68 bits per heavy atom. The molecule has 1 amide bonds. The van der Waals surface area contributed by atoms with E-state index in [1.54, 1.807) is 49.4 Å². The minimum Gasteiger partial charge on any atom is -0.493 e. The molecule has 3 rings (SSSR count). The quantitative estimate of drug-likeness (QED) is 0.552. The molecule has 0 fully saturated rings. The second kappa shape index (κ2) is 9.51. The monoisotopic (exact) mass is 425 g/mol. The highest BCUT2D eigenvalue weighted by molar-refractivity contribution is 6.04. The Morgan fingerprint density at radius 1 is 1.00 bits per heavy atom. The van der Waals surface area contributed by atoms with E-state index < -0.39 is 0 Å². The van der Waals surface area contributed by atoms with Crippen LogP contribution in [0.15, 0.2) is 41.2 Å².